The van der Waals surface area contributed by atoms with Gasteiger partial charge in [0.1, 0.15) is 12.6 Å². The SMILES string of the molecule is CCCNC(=O)[C@H](CC)N(Cc1ccc(Cl)cc1Cl)C(=O)CN(c1ccc(Br)cc1)S(=O)(=O)c1ccccc1. The number of hydrogen-bond acceptors (Lipinski definition) is 4. The average molecular weight is 655 g/mol. The highest BCUT2D eigenvalue weighted by Crippen LogP contribution is 2.27. The average Bonchev–Trinajstić information content (AvgIpc) is 2.92. The first-order valence-electron chi connectivity index (χ1n) is 12.4. The lowest BCUT2D eigenvalue weighted by Crippen LogP contribution is -2.52. The lowest BCUT2D eigenvalue weighted by atomic mass is 10.1. The molecule has 0 aliphatic heterocycles. The lowest BCUT2D eigenvalue weighted by molar-refractivity contribution is -0.140. The topological polar surface area (TPSA) is 86.8 Å². The second kappa shape index (κ2) is 14.2. The van der Waals surface area contributed by atoms with Crippen LogP contribution >= 0.6 is 39.1 Å². The predicted molar refractivity (Wildman–Crippen MR) is 160 cm³/mol. The van der Waals surface area contributed by atoms with Gasteiger partial charge in [0.2, 0.25) is 11.8 Å². The summed E-state index contributed by atoms with van der Waals surface area (Å²) in [7, 11) is -4.12. The predicted octanol–water partition coefficient (Wildman–Crippen LogP) is 6.28. The Morgan fingerprint density at radius 2 is 1.64 bits per heavy atom. The van der Waals surface area contributed by atoms with Gasteiger partial charge in [0.15, 0.2) is 0 Å². The Kier molecular flexibility index (Phi) is 11.2. The number of halogens is 3. The number of nitrogens with one attached hydrogen (secondary N) is 1. The third-order valence-electron chi connectivity index (χ3n) is 6.02. The van der Waals surface area contributed by atoms with E-state index < -0.39 is 28.5 Å². The molecule has 0 aromatic heterocycles. The van der Waals surface area contributed by atoms with Gasteiger partial charge in [-0.1, -0.05) is 77.2 Å². The highest BCUT2D eigenvalue weighted by atomic mass is 79.9. The first-order chi connectivity index (χ1) is 18.6. The van der Waals surface area contributed by atoms with Crippen LogP contribution in [0.4, 0.5) is 5.69 Å². The van der Waals surface area contributed by atoms with Crippen molar-refractivity contribution in [3.05, 3.63) is 92.9 Å². The second-order valence-corrected chi connectivity index (χ2v) is 12.4. The summed E-state index contributed by atoms with van der Waals surface area (Å²) in [5, 5.41) is 3.63. The fourth-order valence-corrected chi connectivity index (χ4v) is 6.14. The van der Waals surface area contributed by atoms with Crippen LogP contribution in [0.3, 0.4) is 0 Å². The lowest BCUT2D eigenvalue weighted by Gasteiger charge is -2.33. The van der Waals surface area contributed by atoms with Crippen LogP contribution in [0.5, 0.6) is 0 Å². The Morgan fingerprint density at radius 1 is 0.974 bits per heavy atom. The molecule has 3 rings (SSSR count). The summed E-state index contributed by atoms with van der Waals surface area (Å²) in [5.41, 5.74) is 0.889. The highest BCUT2D eigenvalue weighted by molar-refractivity contribution is 9.10. The zero-order valence-corrected chi connectivity index (χ0v) is 25.5. The van der Waals surface area contributed by atoms with Crippen LogP contribution in [-0.2, 0) is 26.2 Å². The normalized spacial score (nSPS) is 12.0. The van der Waals surface area contributed by atoms with Crippen molar-refractivity contribution >= 4 is 66.7 Å². The molecule has 0 radical (unpaired) electrons. The molecule has 1 atom stereocenters. The van der Waals surface area contributed by atoms with Gasteiger partial charge in [-0.3, -0.25) is 13.9 Å². The van der Waals surface area contributed by atoms with Crippen molar-refractivity contribution < 1.29 is 18.0 Å². The number of carbonyl (C=O) groups excluding carboxylic acids is 2. The van der Waals surface area contributed by atoms with Crippen LogP contribution in [0.15, 0.2) is 82.2 Å². The van der Waals surface area contributed by atoms with E-state index in [4.69, 9.17) is 23.2 Å². The van der Waals surface area contributed by atoms with E-state index in [0.717, 1.165) is 15.2 Å². The van der Waals surface area contributed by atoms with Gasteiger partial charge in [0, 0.05) is 27.6 Å². The van der Waals surface area contributed by atoms with Crippen LogP contribution in [0.1, 0.15) is 32.3 Å². The number of hydrogen-bond donors (Lipinski definition) is 1. The van der Waals surface area contributed by atoms with Gasteiger partial charge in [-0.15, -0.1) is 0 Å². The molecule has 2 amide bonds. The summed E-state index contributed by atoms with van der Waals surface area (Å²) in [5.74, 6) is -0.874. The summed E-state index contributed by atoms with van der Waals surface area (Å²) >= 11 is 15.9. The first-order valence-corrected chi connectivity index (χ1v) is 15.4. The zero-order valence-electron chi connectivity index (χ0n) is 21.6. The molecule has 208 valence electrons. The molecule has 3 aromatic rings. The number of nitrogens with zero attached hydrogens (tertiary/aromatic N) is 2. The molecule has 0 spiro atoms. The van der Waals surface area contributed by atoms with E-state index in [9.17, 15) is 18.0 Å². The first kappa shape index (κ1) is 30.9. The molecule has 0 bridgehead atoms. The Balaban J connectivity index is 2.05. The molecule has 11 heteroatoms. The monoisotopic (exact) mass is 653 g/mol. The molecule has 39 heavy (non-hydrogen) atoms. The molecule has 0 saturated carbocycles. The number of anilines is 1. The van der Waals surface area contributed by atoms with E-state index in [-0.39, 0.29) is 17.3 Å². The molecule has 3 aromatic carbocycles. The molecule has 1 N–H and O–H groups in total. The molecule has 0 aliphatic carbocycles. The van der Waals surface area contributed by atoms with Crippen molar-refractivity contribution in [1.29, 1.82) is 0 Å². The minimum absolute atomic E-state index is 0.00749. The summed E-state index contributed by atoms with van der Waals surface area (Å²) < 4.78 is 29.4. The van der Waals surface area contributed by atoms with Gasteiger partial charge in [-0.2, -0.15) is 0 Å². The molecule has 0 aliphatic rings. The Labute approximate surface area is 248 Å². The number of amides is 2. The van der Waals surface area contributed by atoms with Crippen LogP contribution in [0.25, 0.3) is 0 Å². The van der Waals surface area contributed by atoms with E-state index in [0.29, 0.717) is 34.3 Å². The van der Waals surface area contributed by atoms with Crippen LogP contribution < -0.4 is 9.62 Å². The van der Waals surface area contributed by atoms with E-state index in [1.54, 1.807) is 67.6 Å². The third kappa shape index (κ3) is 7.97. The van der Waals surface area contributed by atoms with Crippen molar-refractivity contribution in [3.63, 3.8) is 0 Å². The van der Waals surface area contributed by atoms with Crippen molar-refractivity contribution in [2.24, 2.45) is 0 Å². The van der Waals surface area contributed by atoms with Crippen LogP contribution in [0.2, 0.25) is 10.0 Å². The van der Waals surface area contributed by atoms with Gasteiger partial charge >= 0.3 is 0 Å². The van der Waals surface area contributed by atoms with Crippen LogP contribution in [-0.4, -0.2) is 44.3 Å². The number of carbonyl (C=O) groups is 2. The standard InChI is InChI=1S/C28H30BrCl2N3O4S/c1-3-16-32-28(36)26(4-2)33(18-20-10-13-22(30)17-25(20)31)27(35)19-34(23-14-11-21(29)12-15-23)39(37,38)24-8-6-5-7-9-24/h5-15,17,26H,3-4,16,18-19H2,1-2H3,(H,32,36)/t26-/m0/s1. The second-order valence-electron chi connectivity index (χ2n) is 8.77. The van der Waals surface area contributed by atoms with Crippen molar-refractivity contribution in [3.8, 4) is 0 Å². The largest absolute Gasteiger partial charge is 0.354 e. The fraction of sp³-hybridized carbons (Fsp3) is 0.286. The Bertz CT molecular complexity index is 1390. The molecule has 0 heterocycles. The molecular weight excluding hydrogens is 625 g/mol. The van der Waals surface area contributed by atoms with Crippen LogP contribution in [0, 0.1) is 0 Å². The molecule has 0 saturated heterocycles. The molecule has 0 unspecified atom stereocenters. The summed E-state index contributed by atoms with van der Waals surface area (Å²) in [6.07, 6.45) is 1.04. The summed E-state index contributed by atoms with van der Waals surface area (Å²) in [4.78, 5) is 28.5. The van der Waals surface area contributed by atoms with E-state index in [2.05, 4.69) is 21.2 Å². The van der Waals surface area contributed by atoms with Crippen molar-refractivity contribution in [1.82, 2.24) is 10.2 Å². The number of benzene rings is 3. The maximum absolute atomic E-state index is 14.0. The molecule has 7 nitrogen and oxygen atoms in total. The van der Waals surface area contributed by atoms with E-state index in [1.807, 2.05) is 6.92 Å². The molecular formula is C28H30BrCl2N3O4S. The smallest absolute Gasteiger partial charge is 0.264 e. The summed E-state index contributed by atoms with van der Waals surface area (Å²) in [6, 6.07) is 18.6. The van der Waals surface area contributed by atoms with Gasteiger partial charge in [-0.25, -0.2) is 8.42 Å². The van der Waals surface area contributed by atoms with Gasteiger partial charge in [0.25, 0.3) is 10.0 Å². The van der Waals surface area contributed by atoms with Crippen molar-refractivity contribution in [2.45, 2.75) is 44.2 Å². The summed E-state index contributed by atoms with van der Waals surface area (Å²) in [6.45, 7) is 3.65. The van der Waals surface area contributed by atoms with E-state index in [1.165, 1.54) is 17.0 Å². The maximum Gasteiger partial charge on any atom is 0.264 e. The quantitative estimate of drug-likeness (QED) is 0.249. The zero-order chi connectivity index (χ0) is 28.6. The fourth-order valence-electron chi connectivity index (χ4n) is 3.97. The minimum Gasteiger partial charge on any atom is -0.354 e. The molecule has 0 fully saturated rings. The van der Waals surface area contributed by atoms with E-state index >= 15 is 0 Å². The highest BCUT2D eigenvalue weighted by Gasteiger charge is 2.33. The van der Waals surface area contributed by atoms with Gasteiger partial charge in [0.05, 0.1) is 10.6 Å². The van der Waals surface area contributed by atoms with Crippen molar-refractivity contribution in [2.75, 3.05) is 17.4 Å². The van der Waals surface area contributed by atoms with Gasteiger partial charge < -0.3 is 10.2 Å². The Morgan fingerprint density at radius 3 is 2.23 bits per heavy atom. The third-order valence-corrected chi connectivity index (χ3v) is 8.92. The number of rotatable bonds is 12. The van der Waals surface area contributed by atoms with Gasteiger partial charge in [-0.05, 0) is 66.9 Å². The Hall–Kier alpha value is -2.59. The maximum atomic E-state index is 14.0. The minimum atomic E-state index is -4.12. The number of sulfonamides is 1.